The summed E-state index contributed by atoms with van der Waals surface area (Å²) in [6.07, 6.45) is 0. The summed E-state index contributed by atoms with van der Waals surface area (Å²) in [5, 5.41) is 2.98. The Morgan fingerprint density at radius 3 is 2.24 bits per heavy atom. The molecular formula is C18H22N2O. The minimum atomic E-state index is 0.00528. The zero-order valence-corrected chi connectivity index (χ0v) is 12.9. The Morgan fingerprint density at radius 2 is 1.67 bits per heavy atom. The van der Waals surface area contributed by atoms with E-state index in [1.165, 1.54) is 0 Å². The van der Waals surface area contributed by atoms with E-state index in [0.717, 1.165) is 29.0 Å². The summed E-state index contributed by atoms with van der Waals surface area (Å²) in [5.74, 6) is 0.00528. The largest absolute Gasteiger partial charge is 0.362 e. The summed E-state index contributed by atoms with van der Waals surface area (Å²) in [6, 6.07) is 16.1. The van der Waals surface area contributed by atoms with Crippen molar-refractivity contribution in [2.45, 2.75) is 20.8 Å². The molecule has 0 saturated heterocycles. The van der Waals surface area contributed by atoms with Crippen molar-refractivity contribution in [2.75, 3.05) is 23.3 Å². The van der Waals surface area contributed by atoms with E-state index in [4.69, 9.17) is 0 Å². The maximum atomic E-state index is 12.2. The third kappa shape index (κ3) is 4.35. The molecule has 0 fully saturated rings. The first-order valence-electron chi connectivity index (χ1n) is 7.26. The Kier molecular flexibility index (Phi) is 4.99. The van der Waals surface area contributed by atoms with Gasteiger partial charge in [-0.2, -0.15) is 0 Å². The number of carbonyl (C=O) groups excluding carboxylic acids is 1. The van der Waals surface area contributed by atoms with Gasteiger partial charge < -0.3 is 10.2 Å². The molecule has 0 atom stereocenters. The Labute approximate surface area is 126 Å². The predicted octanol–water partition coefficient (Wildman–Crippen LogP) is 3.77. The molecule has 0 bridgehead atoms. The number of hydrogen-bond acceptors (Lipinski definition) is 2. The smallest absolute Gasteiger partial charge is 0.243 e. The lowest BCUT2D eigenvalue weighted by Crippen LogP contribution is -2.33. The van der Waals surface area contributed by atoms with Crippen molar-refractivity contribution in [3.63, 3.8) is 0 Å². The zero-order valence-electron chi connectivity index (χ0n) is 12.9. The van der Waals surface area contributed by atoms with E-state index < -0.39 is 0 Å². The number of nitrogens with zero attached hydrogens (tertiary/aromatic N) is 1. The summed E-state index contributed by atoms with van der Waals surface area (Å²) in [5.41, 5.74) is 4.23. The average Bonchev–Trinajstić information content (AvgIpc) is 2.44. The van der Waals surface area contributed by atoms with Gasteiger partial charge in [0.25, 0.3) is 0 Å². The van der Waals surface area contributed by atoms with Crippen LogP contribution < -0.4 is 10.2 Å². The molecule has 0 radical (unpaired) electrons. The number of amides is 1. The van der Waals surface area contributed by atoms with Gasteiger partial charge >= 0.3 is 0 Å². The minimum absolute atomic E-state index is 0.00528. The van der Waals surface area contributed by atoms with Gasteiger partial charge in [-0.05, 0) is 56.2 Å². The second kappa shape index (κ2) is 6.93. The Balaban J connectivity index is 2.03. The highest BCUT2D eigenvalue weighted by atomic mass is 16.2. The number of aryl methyl sites for hydroxylation is 2. The van der Waals surface area contributed by atoms with Gasteiger partial charge in [-0.25, -0.2) is 0 Å². The summed E-state index contributed by atoms with van der Waals surface area (Å²) in [7, 11) is 0. The number of anilines is 2. The fourth-order valence-corrected chi connectivity index (χ4v) is 2.45. The maximum absolute atomic E-state index is 12.2. The highest BCUT2D eigenvalue weighted by molar-refractivity contribution is 5.94. The molecule has 2 aromatic carbocycles. The van der Waals surface area contributed by atoms with Crippen LogP contribution in [0.15, 0.2) is 48.5 Å². The van der Waals surface area contributed by atoms with Crippen LogP contribution in [0.3, 0.4) is 0 Å². The second-order valence-electron chi connectivity index (χ2n) is 5.27. The van der Waals surface area contributed by atoms with Crippen LogP contribution in [0.25, 0.3) is 0 Å². The third-order valence-corrected chi connectivity index (χ3v) is 3.34. The van der Waals surface area contributed by atoms with E-state index in [1.54, 1.807) is 0 Å². The van der Waals surface area contributed by atoms with E-state index in [0.29, 0.717) is 6.54 Å². The number of para-hydroxylation sites is 1. The molecule has 110 valence electrons. The normalized spacial score (nSPS) is 10.2. The summed E-state index contributed by atoms with van der Waals surface area (Å²) in [4.78, 5) is 14.3. The van der Waals surface area contributed by atoms with Gasteiger partial charge in [0.15, 0.2) is 0 Å². The first-order chi connectivity index (χ1) is 10.1. The molecule has 3 nitrogen and oxygen atoms in total. The van der Waals surface area contributed by atoms with Crippen LogP contribution in [0.1, 0.15) is 18.1 Å². The molecule has 0 aliphatic carbocycles. The van der Waals surface area contributed by atoms with Gasteiger partial charge in [0.1, 0.15) is 0 Å². The van der Waals surface area contributed by atoms with E-state index in [9.17, 15) is 4.79 Å². The molecule has 1 amide bonds. The molecule has 21 heavy (non-hydrogen) atoms. The first kappa shape index (κ1) is 15.1. The third-order valence-electron chi connectivity index (χ3n) is 3.34. The lowest BCUT2D eigenvalue weighted by molar-refractivity contribution is -0.115. The molecule has 2 rings (SSSR count). The molecule has 0 aliphatic rings. The quantitative estimate of drug-likeness (QED) is 0.905. The summed E-state index contributed by atoms with van der Waals surface area (Å²) < 4.78 is 0. The van der Waals surface area contributed by atoms with Gasteiger partial charge in [0.05, 0.1) is 6.54 Å². The van der Waals surface area contributed by atoms with Crippen LogP contribution in [-0.4, -0.2) is 19.0 Å². The average molecular weight is 282 g/mol. The summed E-state index contributed by atoms with van der Waals surface area (Å²) in [6.45, 7) is 7.27. The molecule has 2 aromatic rings. The second-order valence-corrected chi connectivity index (χ2v) is 5.27. The van der Waals surface area contributed by atoms with Crippen molar-refractivity contribution in [3.8, 4) is 0 Å². The van der Waals surface area contributed by atoms with E-state index >= 15 is 0 Å². The molecule has 3 heteroatoms. The zero-order chi connectivity index (χ0) is 15.2. The van der Waals surface area contributed by atoms with Crippen molar-refractivity contribution in [1.29, 1.82) is 0 Å². The van der Waals surface area contributed by atoms with Crippen LogP contribution in [-0.2, 0) is 4.79 Å². The number of likely N-dealkylation sites (N-methyl/N-ethyl adjacent to an activating group) is 1. The molecule has 0 aromatic heterocycles. The number of rotatable bonds is 5. The number of benzene rings is 2. The van der Waals surface area contributed by atoms with Gasteiger partial charge in [-0.3, -0.25) is 4.79 Å². The van der Waals surface area contributed by atoms with Crippen molar-refractivity contribution < 1.29 is 4.79 Å². The highest BCUT2D eigenvalue weighted by Crippen LogP contribution is 2.15. The van der Waals surface area contributed by atoms with E-state index in [-0.39, 0.29) is 5.91 Å². The van der Waals surface area contributed by atoms with Gasteiger partial charge in [0.2, 0.25) is 5.91 Å². The lowest BCUT2D eigenvalue weighted by atomic mass is 10.1. The maximum Gasteiger partial charge on any atom is 0.243 e. The Hall–Kier alpha value is -2.29. The molecule has 0 saturated carbocycles. The standard InChI is InChI=1S/C18H22N2O/c1-4-20(17-8-6-5-7-9-17)13-18(21)19-16-11-14(2)10-15(3)12-16/h5-12H,4,13H2,1-3H3,(H,19,21). The fraction of sp³-hybridized carbons (Fsp3) is 0.278. The Bertz CT molecular complexity index is 588. The van der Waals surface area contributed by atoms with Crippen molar-refractivity contribution in [3.05, 3.63) is 59.7 Å². The molecule has 0 spiro atoms. The van der Waals surface area contributed by atoms with Crippen LogP contribution in [0.5, 0.6) is 0 Å². The first-order valence-corrected chi connectivity index (χ1v) is 7.26. The van der Waals surface area contributed by atoms with Crippen molar-refractivity contribution in [2.24, 2.45) is 0 Å². The highest BCUT2D eigenvalue weighted by Gasteiger charge is 2.10. The number of nitrogens with one attached hydrogen (secondary N) is 1. The van der Waals surface area contributed by atoms with Crippen molar-refractivity contribution in [1.82, 2.24) is 0 Å². The van der Waals surface area contributed by atoms with Gasteiger partial charge in [0, 0.05) is 17.9 Å². The Morgan fingerprint density at radius 1 is 1.05 bits per heavy atom. The SMILES string of the molecule is CCN(CC(=O)Nc1cc(C)cc(C)c1)c1ccccc1. The number of carbonyl (C=O) groups is 1. The van der Waals surface area contributed by atoms with Gasteiger partial charge in [-0.15, -0.1) is 0 Å². The lowest BCUT2D eigenvalue weighted by Gasteiger charge is -2.22. The van der Waals surface area contributed by atoms with Crippen LogP contribution in [0.2, 0.25) is 0 Å². The molecule has 0 aliphatic heterocycles. The fourth-order valence-electron chi connectivity index (χ4n) is 2.45. The van der Waals surface area contributed by atoms with E-state index in [1.807, 2.05) is 56.3 Å². The molecular weight excluding hydrogens is 260 g/mol. The van der Waals surface area contributed by atoms with Crippen LogP contribution >= 0.6 is 0 Å². The molecule has 1 N–H and O–H groups in total. The molecule has 0 heterocycles. The predicted molar refractivity (Wildman–Crippen MR) is 88.9 cm³/mol. The van der Waals surface area contributed by atoms with Crippen LogP contribution in [0.4, 0.5) is 11.4 Å². The van der Waals surface area contributed by atoms with Gasteiger partial charge in [-0.1, -0.05) is 24.3 Å². The monoisotopic (exact) mass is 282 g/mol. The summed E-state index contributed by atoms with van der Waals surface area (Å²) >= 11 is 0. The van der Waals surface area contributed by atoms with Crippen molar-refractivity contribution >= 4 is 17.3 Å². The van der Waals surface area contributed by atoms with E-state index in [2.05, 4.69) is 23.2 Å². The number of hydrogen-bond donors (Lipinski definition) is 1. The van der Waals surface area contributed by atoms with Crippen LogP contribution in [0, 0.1) is 13.8 Å². The minimum Gasteiger partial charge on any atom is -0.362 e. The topological polar surface area (TPSA) is 32.3 Å². The molecule has 0 unspecified atom stereocenters.